The summed E-state index contributed by atoms with van der Waals surface area (Å²) in [5, 5.41) is 1.02. The molecule has 0 amide bonds. The molecule has 0 aliphatic heterocycles. The van der Waals surface area contributed by atoms with Gasteiger partial charge in [-0.25, -0.2) is 18.1 Å². The van der Waals surface area contributed by atoms with Crippen LogP contribution in [0.4, 0.5) is 0 Å². The van der Waals surface area contributed by atoms with Crippen LogP contribution in [0.5, 0.6) is 0 Å². The van der Waals surface area contributed by atoms with Crippen molar-refractivity contribution >= 4 is 32.7 Å². The number of hydrogen-bond donors (Lipinski definition) is 1. The minimum atomic E-state index is -3.36. The van der Waals surface area contributed by atoms with Gasteiger partial charge in [-0.2, -0.15) is 0 Å². The molecule has 2 heterocycles. The first-order valence-corrected chi connectivity index (χ1v) is 8.99. The zero-order valence-corrected chi connectivity index (χ0v) is 13.5. The number of nitrogens with one attached hydrogen (secondary N) is 1. The molecular formula is C12H16N2O2S3. The summed E-state index contributed by atoms with van der Waals surface area (Å²) >= 11 is 2.91. The van der Waals surface area contributed by atoms with Gasteiger partial charge in [0.1, 0.15) is 4.21 Å². The molecule has 0 unspecified atom stereocenters. The highest BCUT2D eigenvalue weighted by Gasteiger charge is 2.15. The molecule has 2 aromatic heterocycles. The molecule has 7 heteroatoms. The quantitative estimate of drug-likeness (QED) is 0.922. The smallest absolute Gasteiger partial charge is 0.247 e. The first-order chi connectivity index (χ1) is 8.88. The Morgan fingerprint density at radius 3 is 2.47 bits per heavy atom. The van der Waals surface area contributed by atoms with Crippen molar-refractivity contribution in [3.63, 3.8) is 0 Å². The second-order valence-corrected chi connectivity index (χ2v) is 8.82. The Balaban J connectivity index is 1.97. The SMILES string of the molecule is Cc1ccc(S(=O)(=O)NCCc2sc(C)nc2C)s1. The van der Waals surface area contributed by atoms with Crippen LogP contribution in [-0.2, 0) is 16.4 Å². The van der Waals surface area contributed by atoms with Crippen LogP contribution >= 0.6 is 22.7 Å². The van der Waals surface area contributed by atoms with Crippen LogP contribution < -0.4 is 4.72 Å². The van der Waals surface area contributed by atoms with Gasteiger partial charge in [0.25, 0.3) is 0 Å². The van der Waals surface area contributed by atoms with Gasteiger partial charge in [0.05, 0.1) is 10.7 Å². The van der Waals surface area contributed by atoms with E-state index in [9.17, 15) is 8.42 Å². The Kier molecular flexibility index (Phi) is 4.39. The van der Waals surface area contributed by atoms with Crippen LogP contribution in [0, 0.1) is 20.8 Å². The lowest BCUT2D eigenvalue weighted by Gasteiger charge is -2.03. The lowest BCUT2D eigenvalue weighted by atomic mass is 10.3. The molecule has 0 bridgehead atoms. The number of sulfonamides is 1. The van der Waals surface area contributed by atoms with Crippen molar-refractivity contribution < 1.29 is 8.42 Å². The van der Waals surface area contributed by atoms with E-state index in [1.165, 1.54) is 11.3 Å². The minimum Gasteiger partial charge on any atom is -0.247 e. The van der Waals surface area contributed by atoms with E-state index in [1.807, 2.05) is 26.8 Å². The molecule has 0 saturated carbocycles. The van der Waals surface area contributed by atoms with Gasteiger partial charge in [-0.3, -0.25) is 0 Å². The average molecular weight is 316 g/mol. The van der Waals surface area contributed by atoms with Gasteiger partial charge in [-0.05, 0) is 39.3 Å². The Morgan fingerprint density at radius 2 is 1.95 bits per heavy atom. The third-order valence-corrected chi connectivity index (χ3v) is 6.71. The topological polar surface area (TPSA) is 59.1 Å². The molecular weight excluding hydrogens is 300 g/mol. The number of rotatable bonds is 5. The van der Waals surface area contributed by atoms with Gasteiger partial charge in [0, 0.05) is 16.3 Å². The van der Waals surface area contributed by atoms with E-state index in [2.05, 4.69) is 9.71 Å². The van der Waals surface area contributed by atoms with Crippen molar-refractivity contribution in [2.75, 3.05) is 6.54 Å². The largest absolute Gasteiger partial charge is 0.250 e. The summed E-state index contributed by atoms with van der Waals surface area (Å²) in [4.78, 5) is 6.47. The molecule has 2 rings (SSSR count). The number of thiazole rings is 1. The number of nitrogens with zero attached hydrogens (tertiary/aromatic N) is 1. The van der Waals surface area contributed by atoms with Crippen molar-refractivity contribution in [1.29, 1.82) is 0 Å². The standard InChI is InChI=1S/C12H16N2O2S3/c1-8-4-5-12(17-8)19(15,16)13-7-6-11-9(2)14-10(3)18-11/h4-5,13H,6-7H2,1-3H3. The van der Waals surface area contributed by atoms with Crippen LogP contribution in [-0.4, -0.2) is 19.9 Å². The number of hydrogen-bond acceptors (Lipinski definition) is 5. The Morgan fingerprint density at radius 1 is 1.21 bits per heavy atom. The number of aryl methyl sites for hydroxylation is 3. The lowest BCUT2D eigenvalue weighted by molar-refractivity contribution is 0.584. The van der Waals surface area contributed by atoms with Crippen molar-refractivity contribution in [2.24, 2.45) is 0 Å². The summed E-state index contributed by atoms with van der Waals surface area (Å²) < 4.78 is 27.0. The van der Waals surface area contributed by atoms with Crippen LogP contribution in [0.3, 0.4) is 0 Å². The van der Waals surface area contributed by atoms with E-state index in [0.29, 0.717) is 17.2 Å². The fraction of sp³-hybridized carbons (Fsp3) is 0.417. The average Bonchev–Trinajstić information content (AvgIpc) is 2.86. The van der Waals surface area contributed by atoms with Gasteiger partial charge >= 0.3 is 0 Å². The van der Waals surface area contributed by atoms with Gasteiger partial charge in [0.2, 0.25) is 10.0 Å². The molecule has 0 radical (unpaired) electrons. The normalized spacial score (nSPS) is 11.9. The molecule has 19 heavy (non-hydrogen) atoms. The first kappa shape index (κ1) is 14.6. The second-order valence-electron chi connectivity index (χ2n) is 4.25. The Labute approximate surface area is 121 Å². The highest BCUT2D eigenvalue weighted by molar-refractivity contribution is 7.91. The van der Waals surface area contributed by atoms with Crippen LogP contribution in [0.15, 0.2) is 16.3 Å². The summed E-state index contributed by atoms with van der Waals surface area (Å²) in [7, 11) is -3.36. The van der Waals surface area contributed by atoms with Gasteiger partial charge in [-0.15, -0.1) is 22.7 Å². The van der Waals surface area contributed by atoms with E-state index >= 15 is 0 Å². The fourth-order valence-corrected chi connectivity index (χ4v) is 5.03. The van der Waals surface area contributed by atoms with Gasteiger partial charge in [0.15, 0.2) is 0 Å². The third-order valence-electron chi connectivity index (χ3n) is 2.62. The van der Waals surface area contributed by atoms with E-state index in [1.54, 1.807) is 17.4 Å². The molecule has 4 nitrogen and oxygen atoms in total. The van der Waals surface area contributed by atoms with Gasteiger partial charge < -0.3 is 0 Å². The lowest BCUT2D eigenvalue weighted by Crippen LogP contribution is -2.25. The van der Waals surface area contributed by atoms with Crippen LogP contribution in [0.1, 0.15) is 20.5 Å². The zero-order chi connectivity index (χ0) is 14.0. The first-order valence-electron chi connectivity index (χ1n) is 5.87. The Hall–Kier alpha value is -0.760. The molecule has 0 aliphatic carbocycles. The zero-order valence-electron chi connectivity index (χ0n) is 11.1. The molecule has 0 aliphatic rings. The van der Waals surface area contributed by atoms with Crippen molar-refractivity contribution in [1.82, 2.24) is 9.71 Å². The molecule has 0 saturated heterocycles. The summed E-state index contributed by atoms with van der Waals surface area (Å²) in [5.74, 6) is 0. The van der Waals surface area contributed by atoms with Crippen molar-refractivity contribution in [2.45, 2.75) is 31.4 Å². The maximum Gasteiger partial charge on any atom is 0.250 e. The maximum absolute atomic E-state index is 12.0. The fourth-order valence-electron chi connectivity index (χ4n) is 1.73. The maximum atomic E-state index is 12.0. The molecule has 0 atom stereocenters. The molecule has 0 spiro atoms. The molecule has 1 N–H and O–H groups in total. The van der Waals surface area contributed by atoms with Crippen molar-refractivity contribution in [3.8, 4) is 0 Å². The molecule has 0 aromatic carbocycles. The second kappa shape index (κ2) is 5.70. The summed E-state index contributed by atoms with van der Waals surface area (Å²) in [6.07, 6.45) is 0.681. The van der Waals surface area contributed by atoms with E-state index in [-0.39, 0.29) is 0 Å². The molecule has 0 fully saturated rings. The highest BCUT2D eigenvalue weighted by Crippen LogP contribution is 2.21. The summed E-state index contributed by atoms with van der Waals surface area (Å²) in [5.41, 5.74) is 0.994. The molecule has 104 valence electrons. The molecule has 2 aromatic rings. The van der Waals surface area contributed by atoms with Crippen molar-refractivity contribution in [3.05, 3.63) is 32.6 Å². The predicted molar refractivity (Wildman–Crippen MR) is 79.5 cm³/mol. The van der Waals surface area contributed by atoms with Gasteiger partial charge in [-0.1, -0.05) is 0 Å². The minimum absolute atomic E-state index is 0.377. The predicted octanol–water partition coefficient (Wildman–Crippen LogP) is 2.65. The van der Waals surface area contributed by atoms with E-state index < -0.39 is 10.0 Å². The van der Waals surface area contributed by atoms with Crippen LogP contribution in [0.2, 0.25) is 0 Å². The number of thiophene rings is 1. The summed E-state index contributed by atoms with van der Waals surface area (Å²) in [6.45, 7) is 6.21. The highest BCUT2D eigenvalue weighted by atomic mass is 32.2. The summed E-state index contributed by atoms with van der Waals surface area (Å²) in [6, 6.07) is 3.46. The van der Waals surface area contributed by atoms with E-state index in [4.69, 9.17) is 0 Å². The van der Waals surface area contributed by atoms with Crippen LogP contribution in [0.25, 0.3) is 0 Å². The Bertz CT molecular complexity index is 671. The van der Waals surface area contributed by atoms with E-state index in [0.717, 1.165) is 20.5 Å². The third kappa shape index (κ3) is 3.62. The number of aromatic nitrogens is 1. The monoisotopic (exact) mass is 316 g/mol.